The van der Waals surface area contributed by atoms with Crippen molar-refractivity contribution in [3.8, 4) is 11.5 Å². The lowest BCUT2D eigenvalue weighted by Gasteiger charge is -2.07. The quantitative estimate of drug-likeness (QED) is 0.370. The zero-order valence-corrected chi connectivity index (χ0v) is 15.1. The third-order valence-electron chi connectivity index (χ3n) is 4.06. The molecule has 0 N–H and O–H groups in total. The third-order valence-corrected chi connectivity index (χ3v) is 4.06. The van der Waals surface area contributed by atoms with Gasteiger partial charge in [0, 0.05) is 11.1 Å². The van der Waals surface area contributed by atoms with Crippen LogP contribution in [-0.2, 0) is 0 Å². The summed E-state index contributed by atoms with van der Waals surface area (Å²) >= 11 is 0. The van der Waals surface area contributed by atoms with Crippen LogP contribution in [0.1, 0.15) is 59.2 Å². The second kappa shape index (κ2) is 11.9. The highest BCUT2D eigenvalue weighted by Crippen LogP contribution is 2.14. The van der Waals surface area contributed by atoms with E-state index in [9.17, 15) is 9.59 Å². The van der Waals surface area contributed by atoms with E-state index in [1.54, 1.807) is 24.3 Å². The molecular weight excluding hydrogens is 328 g/mol. The van der Waals surface area contributed by atoms with Crippen molar-refractivity contribution >= 4 is 12.6 Å². The van der Waals surface area contributed by atoms with Crippen molar-refractivity contribution < 1.29 is 19.1 Å². The Morgan fingerprint density at radius 1 is 0.615 bits per heavy atom. The average molecular weight is 354 g/mol. The van der Waals surface area contributed by atoms with Gasteiger partial charge in [0.2, 0.25) is 0 Å². The van der Waals surface area contributed by atoms with Crippen LogP contribution in [0.25, 0.3) is 0 Å². The summed E-state index contributed by atoms with van der Waals surface area (Å²) in [4.78, 5) is 21.4. The number of carbonyl (C=O) groups is 2. The van der Waals surface area contributed by atoms with Crippen LogP contribution in [-0.4, -0.2) is 25.8 Å². The molecule has 26 heavy (non-hydrogen) atoms. The zero-order chi connectivity index (χ0) is 18.5. The summed E-state index contributed by atoms with van der Waals surface area (Å²) in [5.41, 5.74) is 1.28. The van der Waals surface area contributed by atoms with Crippen molar-refractivity contribution in [3.63, 3.8) is 0 Å². The van der Waals surface area contributed by atoms with Gasteiger partial charge in [0.15, 0.2) is 0 Å². The number of carbonyl (C=O) groups excluding carboxylic acids is 2. The predicted molar refractivity (Wildman–Crippen MR) is 102 cm³/mol. The van der Waals surface area contributed by atoms with Gasteiger partial charge in [-0.15, -0.1) is 0 Å². The first-order valence-electron chi connectivity index (χ1n) is 9.18. The van der Waals surface area contributed by atoms with Crippen LogP contribution in [0, 0.1) is 0 Å². The van der Waals surface area contributed by atoms with Crippen molar-refractivity contribution in [1.29, 1.82) is 0 Å². The topological polar surface area (TPSA) is 52.6 Å². The van der Waals surface area contributed by atoms with Crippen LogP contribution in [0.4, 0.5) is 0 Å². The van der Waals surface area contributed by atoms with E-state index in [-0.39, 0.29) is 0 Å². The zero-order valence-electron chi connectivity index (χ0n) is 15.1. The summed E-state index contributed by atoms with van der Waals surface area (Å²) in [5.74, 6) is 1.51. The molecule has 0 spiro atoms. The maximum atomic E-state index is 10.7. The van der Waals surface area contributed by atoms with Gasteiger partial charge in [0.25, 0.3) is 0 Å². The predicted octanol–water partition coefficient (Wildman–Crippen LogP) is 5.11. The van der Waals surface area contributed by atoms with E-state index in [0.717, 1.165) is 49.8 Å². The van der Waals surface area contributed by atoms with E-state index in [2.05, 4.69) is 0 Å². The minimum Gasteiger partial charge on any atom is -0.494 e. The van der Waals surface area contributed by atoms with Gasteiger partial charge in [-0.2, -0.15) is 0 Å². The molecule has 0 atom stereocenters. The molecule has 0 bridgehead atoms. The molecule has 0 radical (unpaired) electrons. The van der Waals surface area contributed by atoms with Crippen molar-refractivity contribution in [2.45, 2.75) is 38.5 Å². The number of benzene rings is 2. The highest BCUT2D eigenvalue weighted by Gasteiger charge is 1.98. The fourth-order valence-electron chi connectivity index (χ4n) is 2.65. The van der Waals surface area contributed by atoms with Gasteiger partial charge in [-0.25, -0.2) is 0 Å². The molecule has 0 unspecified atom stereocenters. The van der Waals surface area contributed by atoms with Gasteiger partial charge >= 0.3 is 0 Å². The van der Waals surface area contributed by atoms with Gasteiger partial charge in [-0.1, -0.05) is 49.9 Å². The van der Waals surface area contributed by atoms with E-state index in [1.165, 1.54) is 12.8 Å². The number of rotatable bonds is 13. The molecule has 2 rings (SSSR count). The van der Waals surface area contributed by atoms with Crippen molar-refractivity contribution in [3.05, 3.63) is 59.7 Å². The molecule has 4 nitrogen and oxygen atoms in total. The Labute approximate surface area is 155 Å². The monoisotopic (exact) mass is 354 g/mol. The molecule has 0 saturated heterocycles. The Hall–Kier alpha value is -2.62. The number of unbranched alkanes of at least 4 members (excludes halogenated alkanes) is 5. The first-order valence-corrected chi connectivity index (χ1v) is 9.18. The first kappa shape index (κ1) is 19.7. The minimum atomic E-state index is 0.641. The Kier molecular flexibility index (Phi) is 8.98. The molecule has 2 aromatic carbocycles. The maximum Gasteiger partial charge on any atom is 0.150 e. The molecule has 0 heterocycles. The average Bonchev–Trinajstić information content (AvgIpc) is 2.69. The smallest absolute Gasteiger partial charge is 0.150 e. The van der Waals surface area contributed by atoms with Gasteiger partial charge in [0.05, 0.1) is 13.2 Å². The second-order valence-electron chi connectivity index (χ2n) is 6.20. The van der Waals surface area contributed by atoms with Gasteiger partial charge in [0.1, 0.15) is 24.1 Å². The number of hydrogen-bond acceptors (Lipinski definition) is 4. The van der Waals surface area contributed by atoms with E-state index in [1.807, 2.05) is 24.3 Å². The summed E-state index contributed by atoms with van der Waals surface area (Å²) < 4.78 is 11.3. The molecule has 0 fully saturated rings. The summed E-state index contributed by atoms with van der Waals surface area (Å²) in [5, 5.41) is 0. The van der Waals surface area contributed by atoms with Gasteiger partial charge in [-0.05, 0) is 37.1 Å². The summed E-state index contributed by atoms with van der Waals surface area (Å²) in [6.45, 7) is 1.36. The van der Waals surface area contributed by atoms with Crippen molar-refractivity contribution in [1.82, 2.24) is 0 Å². The Morgan fingerprint density at radius 2 is 1.04 bits per heavy atom. The van der Waals surface area contributed by atoms with Gasteiger partial charge < -0.3 is 9.47 Å². The van der Waals surface area contributed by atoms with Crippen LogP contribution in [0.3, 0.4) is 0 Å². The van der Waals surface area contributed by atoms with E-state index in [4.69, 9.17) is 9.47 Å². The number of aldehydes is 2. The molecule has 0 saturated carbocycles. The molecule has 2 aromatic rings. The lowest BCUT2D eigenvalue weighted by Crippen LogP contribution is -1.99. The van der Waals surface area contributed by atoms with E-state index in [0.29, 0.717) is 24.3 Å². The Bertz CT molecular complexity index is 622. The molecular formula is C22H26O4. The van der Waals surface area contributed by atoms with Crippen LogP contribution in [0.15, 0.2) is 48.5 Å². The van der Waals surface area contributed by atoms with E-state index >= 15 is 0 Å². The second-order valence-corrected chi connectivity index (χ2v) is 6.20. The number of hydrogen-bond donors (Lipinski definition) is 0. The first-order chi connectivity index (χ1) is 12.8. The minimum absolute atomic E-state index is 0.641. The van der Waals surface area contributed by atoms with Crippen molar-refractivity contribution in [2.75, 3.05) is 13.2 Å². The fraction of sp³-hybridized carbons (Fsp3) is 0.364. The lowest BCUT2D eigenvalue weighted by atomic mass is 10.1. The maximum absolute atomic E-state index is 10.7. The molecule has 0 aromatic heterocycles. The third kappa shape index (κ3) is 7.51. The molecule has 0 aliphatic heterocycles. The standard InChI is InChI=1S/C22H26O4/c23-17-19-9-7-11-21(15-19)25-13-5-3-1-2-4-6-14-26-22-12-8-10-20(16-22)18-24/h7-12,15-18H,1-6,13-14H2. The van der Waals surface area contributed by atoms with E-state index < -0.39 is 0 Å². The molecule has 0 aliphatic carbocycles. The summed E-state index contributed by atoms with van der Waals surface area (Å²) in [6.07, 6.45) is 8.31. The SMILES string of the molecule is O=Cc1cccc(OCCCCCCCCOc2cccc(C=O)c2)c1. The largest absolute Gasteiger partial charge is 0.494 e. The molecule has 138 valence electrons. The fourth-order valence-corrected chi connectivity index (χ4v) is 2.65. The highest BCUT2D eigenvalue weighted by atomic mass is 16.5. The normalized spacial score (nSPS) is 10.3. The van der Waals surface area contributed by atoms with Gasteiger partial charge in [-0.3, -0.25) is 9.59 Å². The molecule has 0 aliphatic rings. The summed E-state index contributed by atoms with van der Waals surface area (Å²) in [6, 6.07) is 14.5. The van der Waals surface area contributed by atoms with Crippen molar-refractivity contribution in [2.24, 2.45) is 0 Å². The van der Waals surface area contributed by atoms with Crippen LogP contribution in [0.5, 0.6) is 11.5 Å². The van der Waals surface area contributed by atoms with Crippen LogP contribution in [0.2, 0.25) is 0 Å². The molecule has 0 amide bonds. The number of ether oxygens (including phenoxy) is 2. The lowest BCUT2D eigenvalue weighted by molar-refractivity contribution is 0.111. The van der Waals surface area contributed by atoms with Crippen LogP contribution >= 0.6 is 0 Å². The Morgan fingerprint density at radius 3 is 1.46 bits per heavy atom. The Balaban J connectivity index is 1.45. The van der Waals surface area contributed by atoms with Crippen LogP contribution < -0.4 is 9.47 Å². The highest BCUT2D eigenvalue weighted by molar-refractivity contribution is 5.75. The molecule has 4 heteroatoms. The summed E-state index contributed by atoms with van der Waals surface area (Å²) in [7, 11) is 0.